The molecule has 150 valence electrons. The third-order valence-electron chi connectivity index (χ3n) is 7.63. The molecule has 0 atom stereocenters. The number of ether oxygens (including phenoxy) is 1. The van der Waals surface area contributed by atoms with E-state index in [9.17, 15) is 9.59 Å². The van der Waals surface area contributed by atoms with E-state index in [0.29, 0.717) is 23.9 Å². The van der Waals surface area contributed by atoms with Gasteiger partial charge in [0.2, 0.25) is 5.91 Å². The molecule has 0 aromatic heterocycles. The van der Waals surface area contributed by atoms with Crippen LogP contribution in [-0.4, -0.2) is 42.1 Å². The molecular formula is C23H30N2O3. The second-order valence-electron chi connectivity index (χ2n) is 10.0. The number of carbonyl (C=O) groups excluding carboxylic acids is 2. The van der Waals surface area contributed by atoms with Crippen molar-refractivity contribution in [3.05, 3.63) is 35.4 Å². The number of alkyl carbamates (subject to hydrolysis) is 1. The van der Waals surface area contributed by atoms with Crippen LogP contribution < -0.4 is 5.32 Å². The van der Waals surface area contributed by atoms with Crippen molar-refractivity contribution in [1.29, 1.82) is 0 Å². The van der Waals surface area contributed by atoms with E-state index in [0.717, 1.165) is 32.4 Å². The number of nitrogens with zero attached hydrogens (tertiary/aromatic N) is 1. The van der Waals surface area contributed by atoms with Crippen LogP contribution in [-0.2, 0) is 9.53 Å². The summed E-state index contributed by atoms with van der Waals surface area (Å²) in [6.07, 6.45) is 4.66. The van der Waals surface area contributed by atoms with Gasteiger partial charge in [-0.1, -0.05) is 38.1 Å². The molecule has 0 radical (unpaired) electrons. The number of likely N-dealkylation sites (tertiary alicyclic amines) is 1. The minimum Gasteiger partial charge on any atom is -0.447 e. The standard InChI is InChI=1S/C23H30N2O3/c1-15(2)16-4-3-5-17(8-16)18-9-22(10-18)6-7-25(13-22)20(26)19-11-23(12-19)14-28-21(27)24-23/h3-5,8,15,18-19H,6-7,9-14H2,1-2H3,(H,24,27)/t18?,19-,22?,23+. The molecule has 4 fully saturated rings. The summed E-state index contributed by atoms with van der Waals surface area (Å²) in [5, 5.41) is 2.89. The molecule has 2 heterocycles. The summed E-state index contributed by atoms with van der Waals surface area (Å²) in [6, 6.07) is 9.07. The van der Waals surface area contributed by atoms with E-state index in [4.69, 9.17) is 4.74 Å². The van der Waals surface area contributed by atoms with Crippen LogP contribution in [0.2, 0.25) is 0 Å². The molecule has 0 unspecified atom stereocenters. The maximum Gasteiger partial charge on any atom is 0.407 e. The summed E-state index contributed by atoms with van der Waals surface area (Å²) >= 11 is 0. The Kier molecular flexibility index (Phi) is 4.01. The number of hydrogen-bond donors (Lipinski definition) is 1. The fourth-order valence-electron chi connectivity index (χ4n) is 5.88. The highest BCUT2D eigenvalue weighted by Crippen LogP contribution is 2.56. The second kappa shape index (κ2) is 6.23. The Bertz CT molecular complexity index is 806. The third-order valence-corrected chi connectivity index (χ3v) is 7.63. The van der Waals surface area contributed by atoms with Gasteiger partial charge in [-0.15, -0.1) is 0 Å². The predicted molar refractivity (Wildman–Crippen MR) is 106 cm³/mol. The topological polar surface area (TPSA) is 58.6 Å². The molecular weight excluding hydrogens is 352 g/mol. The minimum atomic E-state index is -0.340. The molecule has 5 rings (SSSR count). The maximum atomic E-state index is 12.9. The van der Waals surface area contributed by atoms with E-state index in [-0.39, 0.29) is 23.5 Å². The number of nitrogens with one attached hydrogen (secondary N) is 1. The Hall–Kier alpha value is -2.04. The van der Waals surface area contributed by atoms with Crippen LogP contribution in [0.3, 0.4) is 0 Å². The van der Waals surface area contributed by atoms with Gasteiger partial charge in [0.15, 0.2) is 0 Å². The lowest BCUT2D eigenvalue weighted by Gasteiger charge is -2.46. The van der Waals surface area contributed by atoms with Crippen molar-refractivity contribution in [1.82, 2.24) is 10.2 Å². The van der Waals surface area contributed by atoms with Crippen molar-refractivity contribution < 1.29 is 14.3 Å². The highest BCUT2D eigenvalue weighted by Gasteiger charge is 2.55. The molecule has 2 aliphatic heterocycles. The Morgan fingerprint density at radius 1 is 1.25 bits per heavy atom. The van der Waals surface area contributed by atoms with Crippen LogP contribution in [0.1, 0.15) is 68.9 Å². The summed E-state index contributed by atoms with van der Waals surface area (Å²) in [6.45, 7) is 6.71. The van der Waals surface area contributed by atoms with Gasteiger partial charge < -0.3 is 15.0 Å². The number of hydrogen-bond acceptors (Lipinski definition) is 3. The molecule has 2 saturated heterocycles. The Labute approximate surface area is 166 Å². The summed E-state index contributed by atoms with van der Waals surface area (Å²) < 4.78 is 5.03. The van der Waals surface area contributed by atoms with Gasteiger partial charge in [-0.05, 0) is 60.5 Å². The first-order valence-electron chi connectivity index (χ1n) is 10.7. The molecule has 2 saturated carbocycles. The summed E-state index contributed by atoms with van der Waals surface area (Å²) in [5.74, 6) is 1.55. The summed E-state index contributed by atoms with van der Waals surface area (Å²) in [4.78, 5) is 26.3. The molecule has 1 N–H and O–H groups in total. The molecule has 1 aromatic rings. The number of cyclic esters (lactones) is 1. The number of amides is 2. The lowest BCUT2D eigenvalue weighted by atomic mass is 9.59. The van der Waals surface area contributed by atoms with Crippen LogP contribution in [0, 0.1) is 11.3 Å². The van der Waals surface area contributed by atoms with Crippen molar-refractivity contribution in [2.24, 2.45) is 11.3 Å². The molecule has 28 heavy (non-hydrogen) atoms. The molecule has 1 aromatic carbocycles. The predicted octanol–water partition coefficient (Wildman–Crippen LogP) is 3.79. The van der Waals surface area contributed by atoms with Gasteiger partial charge in [-0.2, -0.15) is 0 Å². The van der Waals surface area contributed by atoms with Gasteiger partial charge in [-0.25, -0.2) is 4.79 Å². The van der Waals surface area contributed by atoms with Crippen molar-refractivity contribution in [2.45, 2.75) is 63.3 Å². The largest absolute Gasteiger partial charge is 0.447 e. The van der Waals surface area contributed by atoms with Gasteiger partial charge in [0, 0.05) is 19.0 Å². The van der Waals surface area contributed by atoms with E-state index < -0.39 is 0 Å². The Morgan fingerprint density at radius 2 is 2.04 bits per heavy atom. The van der Waals surface area contributed by atoms with Gasteiger partial charge in [0.05, 0.1) is 5.54 Å². The van der Waals surface area contributed by atoms with Gasteiger partial charge in [0.25, 0.3) is 0 Å². The lowest BCUT2D eigenvalue weighted by molar-refractivity contribution is -0.140. The Morgan fingerprint density at radius 3 is 2.71 bits per heavy atom. The number of rotatable bonds is 3. The zero-order chi connectivity index (χ0) is 19.5. The Balaban J connectivity index is 1.16. The highest BCUT2D eigenvalue weighted by atomic mass is 16.6. The van der Waals surface area contributed by atoms with E-state index in [1.54, 1.807) is 0 Å². The smallest absolute Gasteiger partial charge is 0.407 e. The molecule has 5 heteroatoms. The zero-order valence-electron chi connectivity index (χ0n) is 16.9. The van der Waals surface area contributed by atoms with Crippen LogP contribution in [0.4, 0.5) is 4.79 Å². The van der Waals surface area contributed by atoms with Crippen molar-refractivity contribution in [2.75, 3.05) is 19.7 Å². The average Bonchev–Trinajstić information content (AvgIpc) is 3.23. The average molecular weight is 383 g/mol. The van der Waals surface area contributed by atoms with E-state index in [1.807, 2.05) is 0 Å². The quantitative estimate of drug-likeness (QED) is 0.865. The molecule has 0 bridgehead atoms. The molecule has 4 aliphatic rings. The van der Waals surface area contributed by atoms with Crippen LogP contribution in [0.5, 0.6) is 0 Å². The monoisotopic (exact) mass is 382 g/mol. The van der Waals surface area contributed by atoms with Crippen molar-refractivity contribution in [3.63, 3.8) is 0 Å². The summed E-state index contributed by atoms with van der Waals surface area (Å²) in [7, 11) is 0. The molecule has 2 amide bonds. The van der Waals surface area contributed by atoms with Gasteiger partial charge >= 0.3 is 6.09 Å². The van der Waals surface area contributed by atoms with Gasteiger partial charge in [0.1, 0.15) is 6.61 Å². The fourth-order valence-corrected chi connectivity index (χ4v) is 5.88. The number of carbonyl (C=O) groups is 2. The first-order chi connectivity index (χ1) is 13.4. The van der Waals surface area contributed by atoms with E-state index in [2.05, 4.69) is 48.3 Å². The van der Waals surface area contributed by atoms with E-state index >= 15 is 0 Å². The SMILES string of the molecule is CC(C)c1cccc(C2CC3(CCN(C(=O)[C@H]4C[C@]5(COC(=O)N5)C4)C3)C2)c1. The number of benzene rings is 1. The lowest BCUT2D eigenvalue weighted by Crippen LogP contribution is -2.58. The third kappa shape index (κ3) is 2.90. The molecule has 2 aliphatic carbocycles. The maximum absolute atomic E-state index is 12.9. The van der Waals surface area contributed by atoms with Gasteiger partial charge in [-0.3, -0.25) is 4.79 Å². The molecule has 2 spiro atoms. The second-order valence-corrected chi connectivity index (χ2v) is 10.0. The van der Waals surface area contributed by atoms with E-state index in [1.165, 1.54) is 24.0 Å². The summed E-state index contributed by atoms with van der Waals surface area (Å²) in [5.41, 5.74) is 2.96. The highest BCUT2D eigenvalue weighted by molar-refractivity contribution is 5.82. The minimum absolute atomic E-state index is 0.0516. The van der Waals surface area contributed by atoms with Crippen LogP contribution in [0.15, 0.2) is 24.3 Å². The first kappa shape index (κ1) is 18.0. The molecule has 5 nitrogen and oxygen atoms in total. The zero-order valence-corrected chi connectivity index (χ0v) is 16.9. The van der Waals surface area contributed by atoms with Crippen molar-refractivity contribution in [3.8, 4) is 0 Å². The van der Waals surface area contributed by atoms with Crippen molar-refractivity contribution >= 4 is 12.0 Å². The fraction of sp³-hybridized carbons (Fsp3) is 0.652. The normalized spacial score (nSPS) is 36.4. The van der Waals surface area contributed by atoms with Crippen LogP contribution >= 0.6 is 0 Å². The van der Waals surface area contributed by atoms with Crippen LogP contribution in [0.25, 0.3) is 0 Å². The first-order valence-corrected chi connectivity index (χ1v) is 10.7.